The Labute approximate surface area is 173 Å². The Kier molecular flexibility index (Phi) is 5.42. The molecule has 1 amide bonds. The number of aromatic nitrogens is 3. The number of rotatable bonds is 6. The van der Waals surface area contributed by atoms with E-state index < -0.39 is 0 Å². The lowest BCUT2D eigenvalue weighted by Crippen LogP contribution is -2.54. The second kappa shape index (κ2) is 8.32. The summed E-state index contributed by atoms with van der Waals surface area (Å²) < 4.78 is 19.2. The summed E-state index contributed by atoms with van der Waals surface area (Å²) in [7, 11) is 1.59. The molecule has 154 valence electrons. The highest BCUT2D eigenvalue weighted by molar-refractivity contribution is 5.95. The highest BCUT2D eigenvalue weighted by Gasteiger charge is 2.31. The van der Waals surface area contributed by atoms with Crippen molar-refractivity contribution in [2.75, 3.05) is 30.4 Å². The highest BCUT2D eigenvalue weighted by Crippen LogP contribution is 2.25. The van der Waals surface area contributed by atoms with Gasteiger partial charge in [-0.1, -0.05) is 6.07 Å². The van der Waals surface area contributed by atoms with Crippen LogP contribution in [0, 0.1) is 12.7 Å². The number of hydrogen-bond donors (Lipinski definition) is 2. The Morgan fingerprint density at radius 2 is 2.03 bits per heavy atom. The first-order chi connectivity index (χ1) is 14.5. The molecule has 1 aliphatic heterocycles. The first-order valence-electron chi connectivity index (χ1n) is 9.48. The lowest BCUT2D eigenvalue weighted by atomic mass is 10.1. The van der Waals surface area contributed by atoms with E-state index in [1.54, 1.807) is 31.3 Å². The summed E-state index contributed by atoms with van der Waals surface area (Å²) in [6, 6.07) is 11.5. The largest absolute Gasteiger partial charge is 0.486 e. The smallest absolute Gasteiger partial charge is 0.251 e. The quantitative estimate of drug-likeness (QED) is 0.648. The standard InChI is InChI=1S/C21H21FN6O2/c1-13-8-15(22)6-7-18(13)30-17-10-28(11-17)21-25-12-24-20(27-21)26-16-5-3-4-14(9-16)19(29)23-2/h3-9,12,17H,10-11H2,1-2H3,(H,23,29)(H,24,25,26,27). The van der Waals surface area contributed by atoms with E-state index in [-0.39, 0.29) is 17.8 Å². The average molecular weight is 408 g/mol. The summed E-state index contributed by atoms with van der Waals surface area (Å²) in [4.78, 5) is 26.6. The molecule has 1 aromatic heterocycles. The lowest BCUT2D eigenvalue weighted by Gasteiger charge is -2.39. The van der Waals surface area contributed by atoms with Gasteiger partial charge in [-0.3, -0.25) is 4.79 Å². The van der Waals surface area contributed by atoms with E-state index in [1.807, 2.05) is 17.9 Å². The van der Waals surface area contributed by atoms with Crippen molar-refractivity contribution in [3.05, 3.63) is 65.7 Å². The van der Waals surface area contributed by atoms with Crippen LogP contribution in [0.2, 0.25) is 0 Å². The van der Waals surface area contributed by atoms with Gasteiger partial charge < -0.3 is 20.3 Å². The van der Waals surface area contributed by atoms with Gasteiger partial charge in [-0.15, -0.1) is 0 Å². The van der Waals surface area contributed by atoms with Gasteiger partial charge in [0.2, 0.25) is 11.9 Å². The van der Waals surface area contributed by atoms with Crippen molar-refractivity contribution in [1.29, 1.82) is 0 Å². The zero-order valence-corrected chi connectivity index (χ0v) is 16.6. The highest BCUT2D eigenvalue weighted by atomic mass is 19.1. The number of nitrogens with one attached hydrogen (secondary N) is 2. The molecule has 0 spiro atoms. The molecule has 3 aromatic rings. The molecule has 1 fully saturated rings. The van der Waals surface area contributed by atoms with Gasteiger partial charge in [-0.25, -0.2) is 14.4 Å². The molecule has 30 heavy (non-hydrogen) atoms. The first-order valence-corrected chi connectivity index (χ1v) is 9.48. The van der Waals surface area contributed by atoms with E-state index in [2.05, 4.69) is 25.6 Å². The van der Waals surface area contributed by atoms with Crippen molar-refractivity contribution in [3.63, 3.8) is 0 Å². The lowest BCUT2D eigenvalue weighted by molar-refractivity contribution is 0.0963. The van der Waals surface area contributed by atoms with Crippen molar-refractivity contribution in [3.8, 4) is 5.75 Å². The van der Waals surface area contributed by atoms with Gasteiger partial charge in [0.25, 0.3) is 5.91 Å². The third kappa shape index (κ3) is 4.29. The molecule has 0 saturated carbocycles. The molecule has 1 saturated heterocycles. The Morgan fingerprint density at radius 3 is 2.80 bits per heavy atom. The zero-order valence-electron chi connectivity index (χ0n) is 16.6. The molecule has 4 rings (SSSR count). The maximum atomic E-state index is 13.2. The number of ether oxygens (including phenoxy) is 1. The van der Waals surface area contributed by atoms with Gasteiger partial charge >= 0.3 is 0 Å². The monoisotopic (exact) mass is 408 g/mol. The molecule has 0 radical (unpaired) electrons. The maximum Gasteiger partial charge on any atom is 0.251 e. The van der Waals surface area contributed by atoms with E-state index in [9.17, 15) is 9.18 Å². The SMILES string of the molecule is CNC(=O)c1cccc(Nc2ncnc(N3CC(Oc4ccc(F)cc4C)C3)n2)c1. The van der Waals surface area contributed by atoms with E-state index in [0.29, 0.717) is 42.0 Å². The topological polar surface area (TPSA) is 92.3 Å². The number of benzene rings is 2. The molecule has 0 atom stereocenters. The number of amides is 1. The third-order valence-electron chi connectivity index (χ3n) is 4.73. The first kappa shape index (κ1) is 19.6. The second-order valence-electron chi connectivity index (χ2n) is 6.95. The summed E-state index contributed by atoms with van der Waals surface area (Å²) in [6.45, 7) is 3.05. The van der Waals surface area contributed by atoms with Gasteiger partial charge in [0.15, 0.2) is 0 Å². The van der Waals surface area contributed by atoms with Crippen LogP contribution in [0.1, 0.15) is 15.9 Å². The van der Waals surface area contributed by atoms with Crippen molar-refractivity contribution in [2.45, 2.75) is 13.0 Å². The van der Waals surface area contributed by atoms with Crippen molar-refractivity contribution in [1.82, 2.24) is 20.3 Å². The predicted octanol–water partition coefficient (Wildman–Crippen LogP) is 2.69. The molecular formula is C21H21FN6O2. The van der Waals surface area contributed by atoms with Crippen molar-refractivity contribution in [2.24, 2.45) is 0 Å². The van der Waals surface area contributed by atoms with Crippen LogP contribution in [0.3, 0.4) is 0 Å². The van der Waals surface area contributed by atoms with Crippen molar-refractivity contribution >= 4 is 23.5 Å². The molecule has 0 bridgehead atoms. The maximum absolute atomic E-state index is 13.2. The van der Waals surface area contributed by atoms with Gasteiger partial charge in [0.05, 0.1) is 13.1 Å². The van der Waals surface area contributed by atoms with Crippen LogP contribution in [0.4, 0.5) is 22.0 Å². The van der Waals surface area contributed by atoms with Crippen LogP contribution >= 0.6 is 0 Å². The number of carbonyl (C=O) groups excluding carboxylic acids is 1. The van der Waals surface area contributed by atoms with E-state index in [0.717, 1.165) is 5.56 Å². The summed E-state index contributed by atoms with van der Waals surface area (Å²) in [5.74, 6) is 1.15. The van der Waals surface area contributed by atoms with E-state index >= 15 is 0 Å². The van der Waals surface area contributed by atoms with Gasteiger partial charge in [-0.05, 0) is 48.9 Å². The number of halogens is 1. The minimum absolute atomic E-state index is 0.0217. The number of anilines is 3. The molecule has 2 heterocycles. The third-order valence-corrected chi connectivity index (χ3v) is 4.73. The molecule has 2 N–H and O–H groups in total. The molecular weight excluding hydrogens is 387 g/mol. The summed E-state index contributed by atoms with van der Waals surface area (Å²) >= 11 is 0. The zero-order chi connectivity index (χ0) is 21.1. The molecule has 8 nitrogen and oxygen atoms in total. The Morgan fingerprint density at radius 1 is 1.20 bits per heavy atom. The minimum atomic E-state index is -0.277. The average Bonchev–Trinajstić information content (AvgIpc) is 2.71. The van der Waals surface area contributed by atoms with Gasteiger partial charge in [0, 0.05) is 18.3 Å². The minimum Gasteiger partial charge on any atom is -0.486 e. The van der Waals surface area contributed by atoms with Crippen LogP contribution in [0.15, 0.2) is 48.8 Å². The summed E-state index contributed by atoms with van der Waals surface area (Å²) in [6.07, 6.45) is 1.41. The van der Waals surface area contributed by atoms with E-state index in [1.165, 1.54) is 18.5 Å². The molecule has 0 unspecified atom stereocenters. The second-order valence-corrected chi connectivity index (χ2v) is 6.95. The molecule has 0 aliphatic carbocycles. The fourth-order valence-electron chi connectivity index (χ4n) is 3.11. The molecule has 2 aromatic carbocycles. The fraction of sp³-hybridized carbons (Fsp3) is 0.238. The van der Waals surface area contributed by atoms with E-state index in [4.69, 9.17) is 4.74 Å². The number of carbonyl (C=O) groups is 1. The Balaban J connectivity index is 1.38. The van der Waals surface area contributed by atoms with Gasteiger partial charge in [-0.2, -0.15) is 4.98 Å². The van der Waals surface area contributed by atoms with Crippen LogP contribution in [0.5, 0.6) is 5.75 Å². The molecule has 9 heteroatoms. The van der Waals surface area contributed by atoms with Crippen LogP contribution < -0.4 is 20.3 Å². The summed E-state index contributed by atoms with van der Waals surface area (Å²) in [5.41, 5.74) is 2.00. The Hall–Kier alpha value is -3.75. The Bertz CT molecular complexity index is 1070. The van der Waals surface area contributed by atoms with Crippen LogP contribution in [-0.2, 0) is 0 Å². The summed E-state index contributed by atoms with van der Waals surface area (Å²) in [5, 5.41) is 5.69. The van der Waals surface area contributed by atoms with Crippen LogP contribution in [0.25, 0.3) is 0 Å². The van der Waals surface area contributed by atoms with Crippen molar-refractivity contribution < 1.29 is 13.9 Å². The predicted molar refractivity (Wildman–Crippen MR) is 111 cm³/mol. The number of nitrogens with zero attached hydrogens (tertiary/aromatic N) is 4. The number of hydrogen-bond acceptors (Lipinski definition) is 7. The van der Waals surface area contributed by atoms with Gasteiger partial charge in [0.1, 0.15) is 24.0 Å². The number of aryl methyl sites for hydroxylation is 1. The molecule has 1 aliphatic rings. The van der Waals surface area contributed by atoms with Crippen LogP contribution in [-0.4, -0.2) is 47.1 Å². The normalized spacial score (nSPS) is 13.5. The fourth-order valence-corrected chi connectivity index (χ4v) is 3.11.